The molecule has 1 atom stereocenters. The summed E-state index contributed by atoms with van der Waals surface area (Å²) >= 11 is 0. The fourth-order valence-corrected chi connectivity index (χ4v) is 2.60. The van der Waals surface area contributed by atoms with E-state index in [1.165, 1.54) is 0 Å². The van der Waals surface area contributed by atoms with E-state index in [0.29, 0.717) is 6.04 Å². The monoisotopic (exact) mass is 274 g/mol. The Balaban J connectivity index is 1.49. The van der Waals surface area contributed by atoms with Crippen LogP contribution in [0.5, 0.6) is 5.75 Å². The van der Waals surface area contributed by atoms with Gasteiger partial charge in [-0.1, -0.05) is 0 Å². The van der Waals surface area contributed by atoms with E-state index in [4.69, 9.17) is 4.74 Å². The quantitative estimate of drug-likeness (QED) is 0.842. The van der Waals surface area contributed by atoms with Gasteiger partial charge in [-0.25, -0.2) is 4.98 Å². The van der Waals surface area contributed by atoms with Gasteiger partial charge >= 0.3 is 0 Å². The molecule has 2 aromatic rings. The Bertz CT molecular complexity index is 568. The first kappa shape index (κ1) is 13.4. The van der Waals surface area contributed by atoms with Gasteiger partial charge in [-0.05, 0) is 20.0 Å². The van der Waals surface area contributed by atoms with Crippen LogP contribution in [0.25, 0.3) is 5.65 Å². The summed E-state index contributed by atoms with van der Waals surface area (Å²) in [5.41, 5.74) is 0.927. The maximum atomic E-state index is 5.84. The van der Waals surface area contributed by atoms with Gasteiger partial charge in [-0.3, -0.25) is 4.90 Å². The van der Waals surface area contributed by atoms with E-state index in [-0.39, 0.29) is 0 Å². The molecule has 3 rings (SSSR count). The number of fused-ring (bicyclic) bond motifs is 1. The highest BCUT2D eigenvalue weighted by Gasteiger charge is 2.19. The molecule has 0 saturated carbocycles. The van der Waals surface area contributed by atoms with Gasteiger partial charge in [0.25, 0.3) is 0 Å². The van der Waals surface area contributed by atoms with Crippen LogP contribution in [-0.2, 0) is 0 Å². The van der Waals surface area contributed by atoms with Crippen LogP contribution in [-0.4, -0.2) is 65.1 Å². The van der Waals surface area contributed by atoms with Crippen molar-refractivity contribution in [2.75, 3.05) is 39.8 Å². The van der Waals surface area contributed by atoms with Crippen LogP contribution in [0.2, 0.25) is 0 Å². The number of likely N-dealkylation sites (N-methyl/N-ethyl adjacent to an activating group) is 1. The molecule has 0 aliphatic carbocycles. The lowest BCUT2D eigenvalue weighted by atomic mass is 10.2. The average molecular weight is 274 g/mol. The summed E-state index contributed by atoms with van der Waals surface area (Å²) in [4.78, 5) is 9.14. The normalized spacial score (nSPS) is 21.4. The highest BCUT2D eigenvalue weighted by Crippen LogP contribution is 2.13. The Morgan fingerprint density at radius 3 is 3.10 bits per heavy atom. The Labute approximate surface area is 119 Å². The lowest BCUT2D eigenvalue weighted by Gasteiger charge is -2.37. The molecule has 0 radical (unpaired) electrons. The van der Waals surface area contributed by atoms with Crippen LogP contribution in [0.1, 0.15) is 6.92 Å². The summed E-state index contributed by atoms with van der Waals surface area (Å²) in [5, 5.41) is 0. The molecule has 20 heavy (non-hydrogen) atoms. The predicted molar refractivity (Wildman–Crippen MR) is 79.2 cm³/mol. The zero-order valence-corrected chi connectivity index (χ0v) is 12.2. The first-order valence-corrected chi connectivity index (χ1v) is 7.20. The first-order valence-electron chi connectivity index (χ1n) is 7.20. The first-order chi connectivity index (χ1) is 9.72. The standard InChI is InChI=1S/C15H22N4O/c1-13-12-18(8-7-17(13)2)9-10-20-14-3-5-19-6-4-16-15(19)11-14/h3-6,11,13H,7-10,12H2,1-2H3/t13-/m0/s1. The van der Waals surface area contributed by atoms with Gasteiger partial charge in [-0.2, -0.15) is 0 Å². The third kappa shape index (κ3) is 2.94. The Hall–Kier alpha value is -1.59. The molecule has 5 nitrogen and oxygen atoms in total. The Morgan fingerprint density at radius 1 is 1.35 bits per heavy atom. The molecule has 0 N–H and O–H groups in total. The van der Waals surface area contributed by atoms with E-state index in [2.05, 4.69) is 28.8 Å². The number of aromatic nitrogens is 2. The minimum absolute atomic E-state index is 0.630. The zero-order valence-electron chi connectivity index (χ0n) is 12.2. The second kappa shape index (κ2) is 5.81. The molecule has 0 unspecified atom stereocenters. The number of ether oxygens (including phenoxy) is 1. The van der Waals surface area contributed by atoms with E-state index in [0.717, 1.165) is 44.2 Å². The summed E-state index contributed by atoms with van der Waals surface area (Å²) in [6, 6.07) is 4.60. The van der Waals surface area contributed by atoms with E-state index in [1.807, 2.05) is 28.9 Å². The topological polar surface area (TPSA) is 33.0 Å². The Kier molecular flexibility index (Phi) is 3.89. The second-order valence-corrected chi connectivity index (χ2v) is 5.53. The van der Waals surface area contributed by atoms with E-state index >= 15 is 0 Å². The van der Waals surface area contributed by atoms with Crippen molar-refractivity contribution < 1.29 is 4.74 Å². The van der Waals surface area contributed by atoms with E-state index in [9.17, 15) is 0 Å². The van der Waals surface area contributed by atoms with Crippen molar-refractivity contribution in [3.8, 4) is 5.75 Å². The Morgan fingerprint density at radius 2 is 2.25 bits per heavy atom. The van der Waals surface area contributed by atoms with Crippen LogP contribution in [0.15, 0.2) is 30.7 Å². The van der Waals surface area contributed by atoms with Crippen molar-refractivity contribution in [1.29, 1.82) is 0 Å². The summed E-state index contributed by atoms with van der Waals surface area (Å²) < 4.78 is 7.82. The minimum Gasteiger partial charge on any atom is -0.492 e. The third-order valence-electron chi connectivity index (χ3n) is 4.09. The molecule has 1 saturated heterocycles. The molecule has 0 bridgehead atoms. The molecule has 0 spiro atoms. The lowest BCUT2D eigenvalue weighted by molar-refractivity contribution is 0.0928. The average Bonchev–Trinajstić information content (AvgIpc) is 2.90. The molecule has 0 aromatic carbocycles. The number of hydrogen-bond acceptors (Lipinski definition) is 4. The van der Waals surface area contributed by atoms with E-state index < -0.39 is 0 Å². The van der Waals surface area contributed by atoms with E-state index in [1.54, 1.807) is 6.20 Å². The molecule has 0 amide bonds. The summed E-state index contributed by atoms with van der Waals surface area (Å²) in [6.07, 6.45) is 5.71. The number of piperazine rings is 1. The van der Waals surface area contributed by atoms with Gasteiger partial charge in [0.2, 0.25) is 0 Å². The fraction of sp³-hybridized carbons (Fsp3) is 0.533. The maximum Gasteiger partial charge on any atom is 0.140 e. The van der Waals surface area contributed by atoms with Crippen LogP contribution < -0.4 is 4.74 Å². The van der Waals surface area contributed by atoms with Crippen molar-refractivity contribution in [2.45, 2.75) is 13.0 Å². The van der Waals surface area contributed by atoms with Gasteiger partial charge in [0, 0.05) is 56.9 Å². The third-order valence-corrected chi connectivity index (χ3v) is 4.09. The zero-order chi connectivity index (χ0) is 13.9. The SMILES string of the molecule is C[C@H]1CN(CCOc2ccn3ccnc3c2)CCN1C. The number of hydrogen-bond donors (Lipinski definition) is 0. The highest BCUT2D eigenvalue weighted by atomic mass is 16.5. The number of rotatable bonds is 4. The molecular weight excluding hydrogens is 252 g/mol. The van der Waals surface area contributed by atoms with Gasteiger partial charge in [0.1, 0.15) is 18.0 Å². The van der Waals surface area contributed by atoms with Crippen LogP contribution in [0, 0.1) is 0 Å². The largest absolute Gasteiger partial charge is 0.492 e. The van der Waals surface area contributed by atoms with Gasteiger partial charge in [-0.15, -0.1) is 0 Å². The summed E-state index contributed by atoms with van der Waals surface area (Å²) in [6.45, 7) is 7.38. The van der Waals surface area contributed by atoms with Crippen molar-refractivity contribution >= 4 is 5.65 Å². The van der Waals surface area contributed by atoms with Gasteiger partial charge in [0.05, 0.1) is 0 Å². The smallest absolute Gasteiger partial charge is 0.140 e. The second-order valence-electron chi connectivity index (χ2n) is 5.53. The molecule has 1 aliphatic rings. The van der Waals surface area contributed by atoms with Crippen LogP contribution in [0.4, 0.5) is 0 Å². The minimum atomic E-state index is 0.630. The van der Waals surface area contributed by atoms with Gasteiger partial charge in [0.15, 0.2) is 0 Å². The summed E-state index contributed by atoms with van der Waals surface area (Å²) in [7, 11) is 2.19. The molecule has 1 fully saturated rings. The fourth-order valence-electron chi connectivity index (χ4n) is 2.60. The van der Waals surface area contributed by atoms with Gasteiger partial charge < -0.3 is 14.0 Å². The summed E-state index contributed by atoms with van der Waals surface area (Å²) in [5.74, 6) is 0.894. The lowest BCUT2D eigenvalue weighted by Crippen LogP contribution is -2.50. The van der Waals surface area contributed by atoms with Crippen LogP contribution in [0.3, 0.4) is 0 Å². The maximum absolute atomic E-state index is 5.84. The van der Waals surface area contributed by atoms with Crippen molar-refractivity contribution in [3.05, 3.63) is 30.7 Å². The number of imidazole rings is 1. The molecular formula is C15H22N4O. The number of nitrogens with zero attached hydrogens (tertiary/aromatic N) is 4. The van der Waals surface area contributed by atoms with Crippen molar-refractivity contribution in [1.82, 2.24) is 19.2 Å². The number of pyridine rings is 1. The highest BCUT2D eigenvalue weighted by molar-refractivity contribution is 5.43. The van der Waals surface area contributed by atoms with Crippen LogP contribution >= 0.6 is 0 Å². The molecule has 2 aromatic heterocycles. The molecule has 5 heteroatoms. The molecule has 108 valence electrons. The molecule has 1 aliphatic heterocycles. The van der Waals surface area contributed by atoms with Crippen molar-refractivity contribution in [3.63, 3.8) is 0 Å². The van der Waals surface area contributed by atoms with Crippen molar-refractivity contribution in [2.24, 2.45) is 0 Å². The molecule has 3 heterocycles. The predicted octanol–water partition coefficient (Wildman–Crippen LogP) is 1.35.